The van der Waals surface area contributed by atoms with E-state index in [1.807, 2.05) is 12.1 Å². The maximum atomic E-state index is 6.25. The Kier molecular flexibility index (Phi) is 9.01. The number of methoxy groups -OCH3 is 2. The molecule has 40 heavy (non-hydrogen) atoms. The highest BCUT2D eigenvalue weighted by atomic mass is 16.5. The molecule has 0 spiro atoms. The van der Waals surface area contributed by atoms with Gasteiger partial charge in [-0.3, -0.25) is 4.90 Å². The molecule has 0 bridgehead atoms. The van der Waals surface area contributed by atoms with Gasteiger partial charge in [-0.05, 0) is 84.7 Å². The van der Waals surface area contributed by atoms with Gasteiger partial charge in [-0.2, -0.15) is 0 Å². The first kappa shape index (κ1) is 28.1. The first-order valence-electron chi connectivity index (χ1n) is 14.7. The van der Waals surface area contributed by atoms with E-state index in [9.17, 15) is 0 Å². The van der Waals surface area contributed by atoms with Crippen LogP contribution >= 0.6 is 0 Å². The van der Waals surface area contributed by atoms with E-state index < -0.39 is 0 Å². The number of benzene rings is 3. The lowest BCUT2D eigenvalue weighted by molar-refractivity contribution is 0.275. The van der Waals surface area contributed by atoms with Gasteiger partial charge >= 0.3 is 0 Å². The van der Waals surface area contributed by atoms with Gasteiger partial charge in [-0.1, -0.05) is 49.8 Å². The number of hydrogen-bond acceptors (Lipinski definition) is 5. The van der Waals surface area contributed by atoms with E-state index >= 15 is 0 Å². The smallest absolute Gasteiger partial charge is 0.142 e. The van der Waals surface area contributed by atoms with Gasteiger partial charge < -0.3 is 19.1 Å². The Hall–Kier alpha value is -3.44. The average molecular weight is 541 g/mol. The molecule has 3 aromatic rings. The number of para-hydroxylation sites is 2. The Bertz CT molecular complexity index is 1340. The number of rotatable bonds is 10. The number of hydrogen-bond donors (Lipinski definition) is 0. The van der Waals surface area contributed by atoms with Crippen molar-refractivity contribution >= 4 is 11.3 Å². The summed E-state index contributed by atoms with van der Waals surface area (Å²) in [6.45, 7) is 12.5. The molecule has 3 aromatic carbocycles. The van der Waals surface area contributed by atoms with Crippen molar-refractivity contribution in [2.75, 3.05) is 51.8 Å². The Morgan fingerprint density at radius 3 is 2.35 bits per heavy atom. The Morgan fingerprint density at radius 1 is 0.825 bits per heavy atom. The lowest BCUT2D eigenvalue weighted by Gasteiger charge is -2.37. The van der Waals surface area contributed by atoms with Crippen LogP contribution in [0.3, 0.4) is 0 Å². The molecule has 0 atom stereocenters. The van der Waals surface area contributed by atoms with Crippen molar-refractivity contribution in [3.8, 4) is 17.2 Å². The third kappa shape index (κ3) is 6.47. The summed E-state index contributed by atoms with van der Waals surface area (Å²) in [5.41, 5.74) is 9.35. The van der Waals surface area contributed by atoms with E-state index in [1.54, 1.807) is 19.8 Å². The van der Waals surface area contributed by atoms with Gasteiger partial charge in [0, 0.05) is 38.3 Å². The van der Waals surface area contributed by atoms with E-state index in [4.69, 9.17) is 14.2 Å². The summed E-state index contributed by atoms with van der Waals surface area (Å²) in [4.78, 5) is 5.05. The number of fused-ring (bicyclic) bond motifs is 1. The molecule has 0 saturated carbocycles. The van der Waals surface area contributed by atoms with Crippen LogP contribution < -0.4 is 19.1 Å². The molecule has 5 nitrogen and oxygen atoms in total. The zero-order chi connectivity index (χ0) is 28.1. The maximum absolute atomic E-state index is 6.25. The van der Waals surface area contributed by atoms with Crippen LogP contribution in [0.2, 0.25) is 0 Å². The lowest BCUT2D eigenvalue weighted by atomic mass is 9.86. The number of nitrogens with zero attached hydrogens (tertiary/aromatic N) is 2. The number of piperazine rings is 1. The van der Waals surface area contributed by atoms with Gasteiger partial charge in [0.1, 0.15) is 23.9 Å². The zero-order valence-electron chi connectivity index (χ0n) is 24.8. The van der Waals surface area contributed by atoms with Crippen LogP contribution in [0.25, 0.3) is 5.57 Å². The summed E-state index contributed by atoms with van der Waals surface area (Å²) in [5, 5.41) is 0. The molecule has 0 unspecified atom stereocenters. The normalized spacial score (nSPS) is 15.8. The van der Waals surface area contributed by atoms with Gasteiger partial charge in [0.05, 0.1) is 19.9 Å². The minimum Gasteiger partial charge on any atom is -0.496 e. The van der Waals surface area contributed by atoms with Crippen molar-refractivity contribution in [1.29, 1.82) is 0 Å². The van der Waals surface area contributed by atoms with Gasteiger partial charge in [0.25, 0.3) is 0 Å². The quantitative estimate of drug-likeness (QED) is 0.276. The Labute approximate surface area is 240 Å². The number of anilines is 1. The van der Waals surface area contributed by atoms with Crippen molar-refractivity contribution in [3.63, 3.8) is 0 Å². The molecule has 1 heterocycles. The molecular formula is C35H44N2O3. The average Bonchev–Trinajstić information content (AvgIpc) is 2.98. The third-order valence-corrected chi connectivity index (χ3v) is 8.31. The molecule has 1 fully saturated rings. The molecule has 0 amide bonds. The van der Waals surface area contributed by atoms with Crippen molar-refractivity contribution < 1.29 is 14.2 Å². The molecule has 2 aliphatic rings. The first-order valence-corrected chi connectivity index (χ1v) is 14.7. The molecule has 0 N–H and O–H groups in total. The molecule has 1 saturated heterocycles. The van der Waals surface area contributed by atoms with Crippen LogP contribution in [0, 0.1) is 5.92 Å². The molecule has 1 aliphatic heterocycles. The highest BCUT2D eigenvalue weighted by Crippen LogP contribution is 2.35. The Balaban J connectivity index is 1.19. The van der Waals surface area contributed by atoms with Gasteiger partial charge in [-0.25, -0.2) is 0 Å². The van der Waals surface area contributed by atoms with Crippen molar-refractivity contribution in [3.05, 3.63) is 88.5 Å². The fraction of sp³-hybridized carbons (Fsp3) is 0.429. The second-order valence-electron chi connectivity index (χ2n) is 11.5. The van der Waals surface area contributed by atoms with Crippen LogP contribution in [0.1, 0.15) is 49.4 Å². The third-order valence-electron chi connectivity index (χ3n) is 8.31. The van der Waals surface area contributed by atoms with Crippen molar-refractivity contribution in [2.24, 2.45) is 5.92 Å². The summed E-state index contributed by atoms with van der Waals surface area (Å²) in [6.07, 6.45) is 3.23. The van der Waals surface area contributed by atoms with Crippen molar-refractivity contribution in [1.82, 2.24) is 4.90 Å². The van der Waals surface area contributed by atoms with Crippen LogP contribution in [0.4, 0.5) is 5.69 Å². The lowest BCUT2D eigenvalue weighted by Crippen LogP contribution is -2.47. The number of aryl methyl sites for hydroxylation is 1. The second-order valence-corrected chi connectivity index (χ2v) is 11.5. The molecule has 0 aromatic heterocycles. The van der Waals surface area contributed by atoms with Crippen LogP contribution in [-0.2, 0) is 19.4 Å². The molecule has 1 aliphatic carbocycles. The van der Waals surface area contributed by atoms with Crippen LogP contribution in [0.15, 0.2) is 66.2 Å². The van der Waals surface area contributed by atoms with E-state index in [0.29, 0.717) is 12.5 Å². The SMILES string of the molecule is COc1cc(CC(C)C)ccc1COc1ccc2c(c1)CCC(CN1CCN(c3ccccc3OC)CC1)=C2C. The summed E-state index contributed by atoms with van der Waals surface area (Å²) >= 11 is 0. The largest absolute Gasteiger partial charge is 0.496 e. The van der Waals surface area contributed by atoms with E-state index in [0.717, 1.165) is 74.8 Å². The zero-order valence-corrected chi connectivity index (χ0v) is 24.8. The monoisotopic (exact) mass is 540 g/mol. The summed E-state index contributed by atoms with van der Waals surface area (Å²) in [5.74, 6) is 3.41. The van der Waals surface area contributed by atoms with E-state index in [2.05, 4.69) is 79.1 Å². The second kappa shape index (κ2) is 12.8. The van der Waals surface area contributed by atoms with Crippen LogP contribution in [0.5, 0.6) is 17.2 Å². The topological polar surface area (TPSA) is 34.2 Å². The highest BCUT2D eigenvalue weighted by Gasteiger charge is 2.23. The van der Waals surface area contributed by atoms with Gasteiger partial charge in [0.15, 0.2) is 0 Å². The number of allylic oxidation sites excluding steroid dienone is 1. The van der Waals surface area contributed by atoms with E-state index in [-0.39, 0.29) is 0 Å². The standard InChI is InChI=1S/C35H44N2O3/c1-25(2)20-27-10-11-30(35(21-27)39-5)24-40-31-14-15-32-26(3)29(13-12-28(32)22-31)23-36-16-18-37(19-17-36)33-8-6-7-9-34(33)38-4/h6-11,14-15,21-22,25H,12-13,16-20,23-24H2,1-5H3. The fourth-order valence-corrected chi connectivity index (χ4v) is 6.07. The predicted molar refractivity (Wildman–Crippen MR) is 165 cm³/mol. The summed E-state index contributed by atoms with van der Waals surface area (Å²) < 4.78 is 17.5. The minimum atomic E-state index is 0.505. The van der Waals surface area contributed by atoms with Crippen LogP contribution in [-0.4, -0.2) is 51.8 Å². The molecule has 5 rings (SSSR count). The summed E-state index contributed by atoms with van der Waals surface area (Å²) in [7, 11) is 3.49. The Morgan fingerprint density at radius 2 is 1.60 bits per heavy atom. The molecule has 0 radical (unpaired) electrons. The molecule has 212 valence electrons. The van der Waals surface area contributed by atoms with Crippen molar-refractivity contribution in [2.45, 2.75) is 46.6 Å². The minimum absolute atomic E-state index is 0.505. The molecule has 5 heteroatoms. The fourth-order valence-electron chi connectivity index (χ4n) is 6.07. The molecular weight excluding hydrogens is 496 g/mol. The summed E-state index contributed by atoms with van der Waals surface area (Å²) in [6, 6.07) is 21.4. The highest BCUT2D eigenvalue weighted by molar-refractivity contribution is 5.72. The van der Waals surface area contributed by atoms with Gasteiger partial charge in [-0.15, -0.1) is 0 Å². The maximum Gasteiger partial charge on any atom is 0.142 e. The predicted octanol–water partition coefficient (Wildman–Crippen LogP) is 7.02. The number of ether oxygens (including phenoxy) is 3. The van der Waals surface area contributed by atoms with E-state index in [1.165, 1.54) is 28.0 Å². The van der Waals surface area contributed by atoms with Gasteiger partial charge in [0.2, 0.25) is 0 Å². The first-order chi connectivity index (χ1) is 19.4.